The number of rotatable bonds is 9. The Morgan fingerprint density at radius 2 is 1.57 bits per heavy atom. The predicted octanol–water partition coefficient (Wildman–Crippen LogP) is 2.20. The van der Waals surface area contributed by atoms with Crippen molar-refractivity contribution >= 4 is 21.1 Å². The summed E-state index contributed by atoms with van der Waals surface area (Å²) in [6, 6.07) is 10.3. The highest BCUT2D eigenvalue weighted by Gasteiger charge is 2.17. The number of hydrogen-bond acceptors (Lipinski definition) is 5. The smallest absolute Gasteiger partial charge is 0.328 e. The van der Waals surface area contributed by atoms with Gasteiger partial charge in [-0.1, -0.05) is 6.07 Å². The molecule has 0 radical (unpaired) electrons. The fourth-order valence-electron chi connectivity index (χ4n) is 3.32. The summed E-state index contributed by atoms with van der Waals surface area (Å²) in [5, 5.41) is 0. The van der Waals surface area contributed by atoms with Crippen LogP contribution in [0, 0.1) is 0 Å². The van der Waals surface area contributed by atoms with Gasteiger partial charge in [0.25, 0.3) is 0 Å². The van der Waals surface area contributed by atoms with Crippen LogP contribution in [-0.2, 0) is 30.5 Å². The first-order valence-corrected chi connectivity index (χ1v) is 11.3. The number of nitrogens with zero attached hydrogens (tertiary/aromatic N) is 2. The van der Waals surface area contributed by atoms with Crippen molar-refractivity contribution in [1.29, 1.82) is 0 Å². The highest BCUT2D eigenvalue weighted by atomic mass is 32.2. The number of fused-ring (bicyclic) bond motifs is 1. The van der Waals surface area contributed by atoms with E-state index in [1.807, 2.05) is 32.0 Å². The molecular weight excluding hydrogens is 406 g/mol. The summed E-state index contributed by atoms with van der Waals surface area (Å²) in [4.78, 5) is 12.2. The quantitative estimate of drug-likeness (QED) is 0.559. The van der Waals surface area contributed by atoms with Crippen molar-refractivity contribution in [2.24, 2.45) is 14.1 Å². The zero-order chi connectivity index (χ0) is 21.9. The lowest BCUT2D eigenvalue weighted by Gasteiger charge is -2.13. The van der Waals surface area contributed by atoms with Crippen molar-refractivity contribution in [2.75, 3.05) is 19.8 Å². The fourth-order valence-corrected chi connectivity index (χ4v) is 4.37. The van der Waals surface area contributed by atoms with Crippen LogP contribution in [0.15, 0.2) is 46.1 Å². The van der Waals surface area contributed by atoms with E-state index in [2.05, 4.69) is 4.72 Å². The second-order valence-electron chi connectivity index (χ2n) is 6.85. The Morgan fingerprint density at radius 1 is 0.900 bits per heavy atom. The Hall–Kier alpha value is -2.78. The molecule has 8 nitrogen and oxygen atoms in total. The first-order chi connectivity index (χ1) is 14.3. The molecule has 0 atom stereocenters. The van der Waals surface area contributed by atoms with Gasteiger partial charge in [0.05, 0.1) is 29.1 Å². The zero-order valence-corrected chi connectivity index (χ0v) is 18.5. The molecule has 0 aliphatic rings. The van der Waals surface area contributed by atoms with Gasteiger partial charge in [0.2, 0.25) is 10.0 Å². The molecule has 162 valence electrons. The number of aryl methyl sites for hydroxylation is 2. The van der Waals surface area contributed by atoms with Gasteiger partial charge in [-0.2, -0.15) is 0 Å². The van der Waals surface area contributed by atoms with E-state index in [4.69, 9.17) is 9.47 Å². The summed E-state index contributed by atoms with van der Waals surface area (Å²) in [6.07, 6.45) is 0.498. The lowest BCUT2D eigenvalue weighted by Crippen LogP contribution is -2.26. The molecule has 1 aromatic heterocycles. The molecule has 0 amide bonds. The van der Waals surface area contributed by atoms with Crippen LogP contribution in [0.5, 0.6) is 11.5 Å². The summed E-state index contributed by atoms with van der Waals surface area (Å²) in [7, 11) is -0.431. The molecule has 0 spiro atoms. The van der Waals surface area contributed by atoms with Crippen LogP contribution in [0.25, 0.3) is 11.0 Å². The zero-order valence-electron chi connectivity index (χ0n) is 17.6. The normalized spacial score (nSPS) is 11.7. The average Bonchev–Trinajstić information content (AvgIpc) is 2.94. The van der Waals surface area contributed by atoms with Crippen molar-refractivity contribution in [1.82, 2.24) is 13.9 Å². The summed E-state index contributed by atoms with van der Waals surface area (Å²) in [5.74, 6) is 1.32. The van der Waals surface area contributed by atoms with E-state index in [0.717, 1.165) is 5.56 Å². The Bertz CT molecular complexity index is 1210. The van der Waals surface area contributed by atoms with Crippen LogP contribution in [0.2, 0.25) is 0 Å². The average molecular weight is 434 g/mol. The minimum absolute atomic E-state index is 0.123. The van der Waals surface area contributed by atoms with Gasteiger partial charge in [0, 0.05) is 20.6 Å². The van der Waals surface area contributed by atoms with Crippen molar-refractivity contribution in [2.45, 2.75) is 25.2 Å². The maximum Gasteiger partial charge on any atom is 0.328 e. The van der Waals surface area contributed by atoms with Crippen molar-refractivity contribution in [3.8, 4) is 11.5 Å². The molecule has 30 heavy (non-hydrogen) atoms. The van der Waals surface area contributed by atoms with Gasteiger partial charge >= 0.3 is 5.69 Å². The predicted molar refractivity (Wildman–Crippen MR) is 116 cm³/mol. The van der Waals surface area contributed by atoms with E-state index in [1.54, 1.807) is 20.2 Å². The van der Waals surface area contributed by atoms with Gasteiger partial charge in [0.1, 0.15) is 0 Å². The summed E-state index contributed by atoms with van der Waals surface area (Å²) < 4.78 is 42.2. The monoisotopic (exact) mass is 433 g/mol. The SMILES string of the molecule is CCOc1ccc(CCNS(=O)(=O)c2ccc3c(c2)n(C)c(=O)n3C)cc1OCC. The van der Waals surface area contributed by atoms with Gasteiger partial charge in [-0.15, -0.1) is 0 Å². The maximum atomic E-state index is 12.7. The van der Waals surface area contributed by atoms with Crippen molar-refractivity contribution in [3.63, 3.8) is 0 Å². The van der Waals surface area contributed by atoms with Crippen LogP contribution in [0.3, 0.4) is 0 Å². The van der Waals surface area contributed by atoms with Crippen LogP contribution < -0.4 is 19.9 Å². The van der Waals surface area contributed by atoms with Crippen LogP contribution in [0.1, 0.15) is 19.4 Å². The lowest BCUT2D eigenvalue weighted by atomic mass is 10.1. The van der Waals surface area contributed by atoms with E-state index < -0.39 is 10.0 Å². The minimum atomic E-state index is -3.71. The van der Waals surface area contributed by atoms with E-state index >= 15 is 0 Å². The number of nitrogens with one attached hydrogen (secondary N) is 1. The van der Waals surface area contributed by atoms with Crippen LogP contribution in [-0.4, -0.2) is 37.3 Å². The molecule has 0 fully saturated rings. The third-order valence-electron chi connectivity index (χ3n) is 4.87. The second kappa shape index (κ2) is 8.93. The number of imidazole rings is 1. The fraction of sp³-hybridized carbons (Fsp3) is 0.381. The molecule has 0 aliphatic carbocycles. The molecule has 0 saturated carbocycles. The molecule has 1 heterocycles. The third-order valence-corrected chi connectivity index (χ3v) is 6.33. The van der Waals surface area contributed by atoms with E-state index in [-0.39, 0.29) is 17.1 Å². The Labute approximate surface area is 176 Å². The largest absolute Gasteiger partial charge is 0.490 e. The maximum absolute atomic E-state index is 12.7. The Kier molecular flexibility index (Phi) is 6.52. The molecule has 9 heteroatoms. The molecule has 0 unspecified atom stereocenters. The summed E-state index contributed by atoms with van der Waals surface area (Å²) in [6.45, 7) is 5.09. The molecule has 0 aliphatic heterocycles. The van der Waals surface area contributed by atoms with E-state index in [1.165, 1.54) is 21.3 Å². The van der Waals surface area contributed by atoms with E-state index in [0.29, 0.717) is 42.2 Å². The number of hydrogen-bond donors (Lipinski definition) is 1. The number of ether oxygens (including phenoxy) is 2. The number of benzene rings is 2. The first kappa shape index (κ1) is 21.9. The topological polar surface area (TPSA) is 91.6 Å². The van der Waals surface area contributed by atoms with Gasteiger partial charge in [-0.3, -0.25) is 9.13 Å². The molecule has 3 aromatic rings. The van der Waals surface area contributed by atoms with E-state index in [9.17, 15) is 13.2 Å². The van der Waals surface area contributed by atoms with Crippen molar-refractivity contribution in [3.05, 3.63) is 52.4 Å². The molecule has 3 rings (SSSR count). The van der Waals surface area contributed by atoms with Gasteiger partial charge in [-0.25, -0.2) is 17.9 Å². The molecule has 0 bridgehead atoms. The van der Waals surface area contributed by atoms with Gasteiger partial charge in [0.15, 0.2) is 11.5 Å². The molecule has 2 aromatic carbocycles. The summed E-state index contributed by atoms with van der Waals surface area (Å²) in [5.41, 5.74) is 1.98. The highest BCUT2D eigenvalue weighted by molar-refractivity contribution is 7.89. The first-order valence-electron chi connectivity index (χ1n) is 9.82. The van der Waals surface area contributed by atoms with Crippen molar-refractivity contribution < 1.29 is 17.9 Å². The second-order valence-corrected chi connectivity index (χ2v) is 8.61. The molecule has 1 N–H and O–H groups in total. The Balaban J connectivity index is 1.74. The highest BCUT2D eigenvalue weighted by Crippen LogP contribution is 2.28. The van der Waals surface area contributed by atoms with Crippen LogP contribution in [0.4, 0.5) is 0 Å². The van der Waals surface area contributed by atoms with Crippen LogP contribution >= 0.6 is 0 Å². The standard InChI is InChI=1S/C21H27N3O5S/c1-5-28-19-10-7-15(13-20(19)29-6-2)11-12-22-30(26,27)16-8-9-17-18(14-16)24(4)21(25)23(17)3/h7-10,13-14,22H,5-6,11-12H2,1-4H3. The minimum Gasteiger partial charge on any atom is -0.490 e. The molecular formula is C21H27N3O5S. The third kappa shape index (κ3) is 4.36. The summed E-state index contributed by atoms with van der Waals surface area (Å²) >= 11 is 0. The van der Waals surface area contributed by atoms with Gasteiger partial charge in [-0.05, 0) is 56.2 Å². The molecule has 0 saturated heterocycles. The Morgan fingerprint density at radius 3 is 2.27 bits per heavy atom. The van der Waals surface area contributed by atoms with Gasteiger partial charge < -0.3 is 9.47 Å². The number of sulfonamides is 1. The lowest BCUT2D eigenvalue weighted by molar-refractivity contribution is 0.287. The number of aromatic nitrogens is 2.